The summed E-state index contributed by atoms with van der Waals surface area (Å²) in [5, 5.41) is 2.89. The van der Waals surface area contributed by atoms with Crippen LogP contribution >= 0.6 is 15.9 Å². The van der Waals surface area contributed by atoms with Crippen LogP contribution in [0.2, 0.25) is 0 Å². The molecule has 0 atom stereocenters. The fourth-order valence-electron chi connectivity index (χ4n) is 3.75. The molecule has 1 fully saturated rings. The summed E-state index contributed by atoms with van der Waals surface area (Å²) in [5.41, 5.74) is 1.59. The van der Waals surface area contributed by atoms with E-state index in [9.17, 15) is 14.4 Å². The van der Waals surface area contributed by atoms with Crippen molar-refractivity contribution in [1.82, 2.24) is 5.32 Å². The first-order chi connectivity index (χ1) is 14.9. The average Bonchev–Trinajstić information content (AvgIpc) is 2.76. The van der Waals surface area contributed by atoms with Crippen molar-refractivity contribution >= 4 is 33.6 Å². The quantitative estimate of drug-likeness (QED) is 0.401. The first-order valence-corrected chi connectivity index (χ1v) is 11.1. The number of ether oxygens (including phenoxy) is 2. The van der Waals surface area contributed by atoms with Crippen molar-refractivity contribution in [3.63, 3.8) is 0 Å². The number of hydrogen-bond acceptors (Lipinski definition) is 5. The lowest BCUT2D eigenvalue weighted by Gasteiger charge is -2.42. The van der Waals surface area contributed by atoms with Gasteiger partial charge in [-0.15, -0.1) is 0 Å². The summed E-state index contributed by atoms with van der Waals surface area (Å²) >= 11 is 3.32. The standard InChI is InChI=1S/C24H26BrNO5/c1-30-21-10-8-18(25)14-19(21)20(27)9-11-23(29)31-15-22(28)26-16-24(12-5-13-24)17-6-3-2-4-7-17/h2-4,6-8,10,14H,5,9,11-13,15-16H2,1H3,(H,26,28). The third-order valence-electron chi connectivity index (χ3n) is 5.70. The lowest BCUT2D eigenvalue weighted by atomic mass is 9.64. The number of hydrogen-bond donors (Lipinski definition) is 1. The highest BCUT2D eigenvalue weighted by molar-refractivity contribution is 9.10. The Morgan fingerprint density at radius 2 is 1.81 bits per heavy atom. The van der Waals surface area contributed by atoms with Crippen LogP contribution in [0, 0.1) is 0 Å². The third kappa shape index (κ3) is 5.94. The molecule has 0 aliphatic heterocycles. The highest BCUT2D eigenvalue weighted by Gasteiger charge is 2.38. The fourth-order valence-corrected chi connectivity index (χ4v) is 4.11. The minimum absolute atomic E-state index is 0.0234. The first kappa shape index (κ1) is 23.0. The molecule has 2 aromatic carbocycles. The zero-order valence-electron chi connectivity index (χ0n) is 17.5. The molecule has 31 heavy (non-hydrogen) atoms. The second-order valence-corrected chi connectivity index (χ2v) is 8.62. The average molecular weight is 488 g/mol. The van der Waals surface area contributed by atoms with Gasteiger partial charge >= 0.3 is 5.97 Å². The smallest absolute Gasteiger partial charge is 0.306 e. The molecule has 0 aromatic heterocycles. The van der Waals surface area contributed by atoms with Crippen LogP contribution in [0.1, 0.15) is 48.0 Å². The van der Waals surface area contributed by atoms with E-state index in [-0.39, 0.29) is 36.6 Å². The molecule has 0 unspecified atom stereocenters. The zero-order valence-corrected chi connectivity index (χ0v) is 19.1. The number of ketones is 1. The molecule has 164 valence electrons. The number of nitrogens with one attached hydrogen (secondary N) is 1. The van der Waals surface area contributed by atoms with E-state index in [2.05, 4.69) is 33.4 Å². The van der Waals surface area contributed by atoms with Gasteiger partial charge in [0.2, 0.25) is 0 Å². The number of benzene rings is 2. The molecular weight excluding hydrogens is 462 g/mol. The summed E-state index contributed by atoms with van der Waals surface area (Å²) in [6.07, 6.45) is 3.06. The maximum atomic E-state index is 12.4. The van der Waals surface area contributed by atoms with Gasteiger partial charge in [0.05, 0.1) is 19.1 Å². The molecule has 6 nitrogen and oxygen atoms in total. The van der Waals surface area contributed by atoms with E-state index in [0.29, 0.717) is 17.9 Å². The second kappa shape index (κ2) is 10.6. The number of esters is 1. The van der Waals surface area contributed by atoms with Crippen LogP contribution in [0.15, 0.2) is 53.0 Å². The molecule has 1 aliphatic rings. The Morgan fingerprint density at radius 3 is 2.45 bits per heavy atom. The zero-order chi connectivity index (χ0) is 22.3. The highest BCUT2D eigenvalue weighted by atomic mass is 79.9. The molecule has 1 N–H and O–H groups in total. The maximum absolute atomic E-state index is 12.4. The molecule has 0 heterocycles. The normalized spacial score (nSPS) is 14.3. The number of methoxy groups -OCH3 is 1. The summed E-state index contributed by atoms with van der Waals surface area (Å²) in [5.74, 6) is -0.701. The molecule has 0 radical (unpaired) electrons. The van der Waals surface area contributed by atoms with Crippen molar-refractivity contribution in [2.24, 2.45) is 0 Å². The van der Waals surface area contributed by atoms with Crippen molar-refractivity contribution in [3.8, 4) is 5.75 Å². The summed E-state index contributed by atoms with van der Waals surface area (Å²) in [6, 6.07) is 15.3. The van der Waals surface area contributed by atoms with E-state index in [1.807, 2.05) is 18.2 Å². The Hall–Kier alpha value is -2.67. The number of carbonyl (C=O) groups is 3. The molecule has 0 saturated heterocycles. The number of carbonyl (C=O) groups excluding carboxylic acids is 3. The van der Waals surface area contributed by atoms with Gasteiger partial charge in [-0.05, 0) is 36.6 Å². The SMILES string of the molecule is COc1ccc(Br)cc1C(=O)CCC(=O)OCC(=O)NCC1(c2ccccc2)CCC1. The maximum Gasteiger partial charge on any atom is 0.306 e. The Bertz CT molecular complexity index is 940. The van der Waals surface area contributed by atoms with Crippen LogP contribution in [0.4, 0.5) is 0 Å². The number of halogens is 1. The predicted octanol–water partition coefficient (Wildman–Crippen LogP) is 4.20. The minimum Gasteiger partial charge on any atom is -0.496 e. The molecule has 0 spiro atoms. The van der Waals surface area contributed by atoms with Gasteiger partial charge in [0.15, 0.2) is 12.4 Å². The predicted molar refractivity (Wildman–Crippen MR) is 120 cm³/mol. The van der Waals surface area contributed by atoms with Crippen molar-refractivity contribution in [2.45, 2.75) is 37.5 Å². The van der Waals surface area contributed by atoms with Gasteiger partial charge in [-0.2, -0.15) is 0 Å². The van der Waals surface area contributed by atoms with Gasteiger partial charge in [-0.25, -0.2) is 0 Å². The summed E-state index contributed by atoms with van der Waals surface area (Å²) in [6.45, 7) is 0.173. The third-order valence-corrected chi connectivity index (χ3v) is 6.20. The Morgan fingerprint density at radius 1 is 1.06 bits per heavy atom. The van der Waals surface area contributed by atoms with Gasteiger partial charge in [0.1, 0.15) is 5.75 Å². The summed E-state index contributed by atoms with van der Waals surface area (Å²) in [4.78, 5) is 36.6. The Balaban J connectivity index is 1.42. The van der Waals surface area contributed by atoms with E-state index in [4.69, 9.17) is 9.47 Å². The molecular formula is C24H26BrNO5. The van der Waals surface area contributed by atoms with Gasteiger partial charge in [-0.1, -0.05) is 52.7 Å². The van der Waals surface area contributed by atoms with Crippen molar-refractivity contribution < 1.29 is 23.9 Å². The van der Waals surface area contributed by atoms with E-state index < -0.39 is 5.97 Å². The lowest BCUT2D eigenvalue weighted by Crippen LogP contribution is -2.46. The second-order valence-electron chi connectivity index (χ2n) is 7.71. The Labute approximate surface area is 190 Å². The van der Waals surface area contributed by atoms with E-state index >= 15 is 0 Å². The molecule has 1 aliphatic carbocycles. The fraction of sp³-hybridized carbons (Fsp3) is 0.375. The molecule has 1 amide bonds. The molecule has 1 saturated carbocycles. The molecule has 0 bridgehead atoms. The minimum atomic E-state index is -0.584. The van der Waals surface area contributed by atoms with Crippen molar-refractivity contribution in [2.75, 3.05) is 20.3 Å². The van der Waals surface area contributed by atoms with Crippen LogP contribution in [0.5, 0.6) is 5.75 Å². The van der Waals surface area contributed by atoms with Crippen LogP contribution < -0.4 is 10.1 Å². The Kier molecular flexibility index (Phi) is 7.85. The number of amides is 1. The van der Waals surface area contributed by atoms with Crippen molar-refractivity contribution in [1.29, 1.82) is 0 Å². The van der Waals surface area contributed by atoms with Crippen molar-refractivity contribution in [3.05, 3.63) is 64.1 Å². The lowest BCUT2D eigenvalue weighted by molar-refractivity contribution is -0.148. The molecule has 7 heteroatoms. The summed E-state index contributed by atoms with van der Waals surface area (Å²) in [7, 11) is 1.48. The summed E-state index contributed by atoms with van der Waals surface area (Å²) < 4.78 is 11.0. The largest absolute Gasteiger partial charge is 0.496 e. The van der Waals surface area contributed by atoms with Crippen LogP contribution in [-0.4, -0.2) is 37.9 Å². The number of rotatable bonds is 10. The first-order valence-electron chi connectivity index (χ1n) is 10.3. The van der Waals surface area contributed by atoms with E-state index in [1.165, 1.54) is 12.7 Å². The highest BCUT2D eigenvalue weighted by Crippen LogP contribution is 2.43. The topological polar surface area (TPSA) is 81.7 Å². The van der Waals surface area contributed by atoms with Gasteiger partial charge in [0, 0.05) is 22.9 Å². The van der Waals surface area contributed by atoms with Crippen LogP contribution in [0.3, 0.4) is 0 Å². The van der Waals surface area contributed by atoms with Crippen LogP contribution in [0.25, 0.3) is 0 Å². The van der Waals surface area contributed by atoms with E-state index in [0.717, 1.165) is 23.7 Å². The molecule has 2 aromatic rings. The van der Waals surface area contributed by atoms with Gasteiger partial charge in [-0.3, -0.25) is 14.4 Å². The van der Waals surface area contributed by atoms with E-state index in [1.54, 1.807) is 18.2 Å². The van der Waals surface area contributed by atoms with Gasteiger partial charge in [0.25, 0.3) is 5.91 Å². The molecule has 3 rings (SSSR count). The number of Topliss-reactive ketones (excluding diaryl/α,β-unsaturated/α-hetero) is 1. The van der Waals surface area contributed by atoms with Crippen LogP contribution in [-0.2, 0) is 19.7 Å². The monoisotopic (exact) mass is 487 g/mol. The van der Waals surface area contributed by atoms with Gasteiger partial charge < -0.3 is 14.8 Å².